The second-order valence-electron chi connectivity index (χ2n) is 9.40. The molecule has 1 aliphatic rings. The molecule has 1 aliphatic carbocycles. The molecular weight excluding hydrogens is 495 g/mol. The van der Waals surface area contributed by atoms with Gasteiger partial charge in [-0.15, -0.1) is 0 Å². The summed E-state index contributed by atoms with van der Waals surface area (Å²) in [6.07, 6.45) is -2.82. The number of rotatable bonds is 6. The lowest BCUT2D eigenvalue weighted by molar-refractivity contribution is -0.141. The number of alkyl halides is 5. The molecule has 1 atom stereocenters. The summed E-state index contributed by atoms with van der Waals surface area (Å²) in [5.41, 5.74) is -1.08. The molecule has 0 saturated heterocycles. The third kappa shape index (κ3) is 5.82. The quantitative estimate of drug-likeness (QED) is 0.407. The van der Waals surface area contributed by atoms with Gasteiger partial charge in [-0.05, 0) is 56.0 Å². The molecule has 1 unspecified atom stereocenters. The Morgan fingerprint density at radius 3 is 2.43 bits per heavy atom. The van der Waals surface area contributed by atoms with Gasteiger partial charge >= 0.3 is 6.18 Å². The van der Waals surface area contributed by atoms with Crippen molar-refractivity contribution in [2.24, 2.45) is 0 Å². The molecule has 11 heteroatoms. The first-order valence-electron chi connectivity index (χ1n) is 11.9. The zero-order chi connectivity index (χ0) is 27.0. The molecule has 6 nitrogen and oxygen atoms in total. The molecule has 2 heterocycles. The number of nitrogens with zero attached hydrogens (tertiary/aromatic N) is 3. The van der Waals surface area contributed by atoms with Crippen molar-refractivity contribution in [3.05, 3.63) is 71.3 Å². The molecule has 1 fully saturated rings. The normalized spacial score (nSPS) is 17.8. The predicted molar refractivity (Wildman–Crippen MR) is 126 cm³/mol. The van der Waals surface area contributed by atoms with E-state index in [1.165, 1.54) is 6.92 Å². The molecule has 4 rings (SSSR count). The van der Waals surface area contributed by atoms with Crippen LogP contribution in [0.2, 0.25) is 0 Å². The van der Waals surface area contributed by atoms with Crippen molar-refractivity contribution in [1.29, 1.82) is 0 Å². The van der Waals surface area contributed by atoms with Crippen LogP contribution in [0.15, 0.2) is 48.8 Å². The van der Waals surface area contributed by atoms with Gasteiger partial charge in [-0.3, -0.25) is 9.48 Å². The highest BCUT2D eigenvalue weighted by atomic mass is 19.4. The minimum Gasteiger partial charge on any atom is -0.387 e. The number of aliphatic hydroxyl groups is 1. The van der Waals surface area contributed by atoms with E-state index in [2.05, 4.69) is 15.4 Å². The number of aromatic nitrogens is 3. The van der Waals surface area contributed by atoms with E-state index in [0.29, 0.717) is 18.2 Å². The highest BCUT2D eigenvalue weighted by Gasteiger charge is 2.47. The highest BCUT2D eigenvalue weighted by Crippen LogP contribution is 2.45. The van der Waals surface area contributed by atoms with Gasteiger partial charge in [0.05, 0.1) is 29.1 Å². The Morgan fingerprint density at radius 2 is 1.84 bits per heavy atom. The SMILES string of the molecule is CCn1cc(-c2cccc(C(NC(=O)c3ccc(C(F)(F)F)nc3C)C3(O)CCC(F)(F)CC3)c2)cn1. The van der Waals surface area contributed by atoms with E-state index in [0.717, 1.165) is 17.2 Å². The Labute approximate surface area is 210 Å². The number of pyridine rings is 1. The van der Waals surface area contributed by atoms with E-state index in [9.17, 15) is 31.9 Å². The van der Waals surface area contributed by atoms with Crippen LogP contribution in [-0.4, -0.2) is 37.3 Å². The van der Waals surface area contributed by atoms with Crippen molar-refractivity contribution >= 4 is 5.91 Å². The molecule has 2 aromatic heterocycles. The van der Waals surface area contributed by atoms with Crippen LogP contribution in [0.3, 0.4) is 0 Å². The molecule has 37 heavy (non-hydrogen) atoms. The van der Waals surface area contributed by atoms with E-state index in [1.54, 1.807) is 29.1 Å². The first-order chi connectivity index (χ1) is 17.3. The summed E-state index contributed by atoms with van der Waals surface area (Å²) in [5.74, 6) is -3.69. The second kappa shape index (κ2) is 9.85. The number of hydrogen-bond acceptors (Lipinski definition) is 4. The Bertz CT molecular complexity index is 1280. The molecule has 3 aromatic rings. The van der Waals surface area contributed by atoms with E-state index in [4.69, 9.17) is 0 Å². The van der Waals surface area contributed by atoms with E-state index in [1.807, 2.05) is 19.2 Å². The fourth-order valence-corrected chi connectivity index (χ4v) is 4.62. The maximum atomic E-state index is 13.9. The molecule has 2 N–H and O–H groups in total. The van der Waals surface area contributed by atoms with Gasteiger partial charge in [-0.25, -0.2) is 13.8 Å². The molecule has 0 radical (unpaired) electrons. The molecule has 1 amide bonds. The van der Waals surface area contributed by atoms with Gasteiger partial charge in [0.25, 0.3) is 5.91 Å². The van der Waals surface area contributed by atoms with Gasteiger partial charge in [0.2, 0.25) is 5.92 Å². The summed E-state index contributed by atoms with van der Waals surface area (Å²) >= 11 is 0. The van der Waals surface area contributed by atoms with Gasteiger partial charge < -0.3 is 10.4 Å². The minimum absolute atomic E-state index is 0.108. The number of hydrogen-bond donors (Lipinski definition) is 2. The van der Waals surface area contributed by atoms with Crippen molar-refractivity contribution in [3.63, 3.8) is 0 Å². The second-order valence-corrected chi connectivity index (χ2v) is 9.40. The number of carbonyl (C=O) groups excluding carboxylic acids is 1. The molecule has 0 aliphatic heterocycles. The van der Waals surface area contributed by atoms with Crippen LogP contribution in [0.5, 0.6) is 0 Å². The standard InChI is InChI=1S/C26H27F5N4O2/c1-3-35-15-19(14-32-35)17-5-4-6-18(13-17)22(24(37)9-11-25(27,28)12-10-24)34-23(36)20-7-8-21(26(29,30)31)33-16(20)2/h4-8,13-15,22,37H,3,9-12H2,1-2H3,(H,34,36). The molecule has 1 aromatic carbocycles. The highest BCUT2D eigenvalue weighted by molar-refractivity contribution is 5.95. The van der Waals surface area contributed by atoms with Gasteiger partial charge in [0.1, 0.15) is 5.69 Å². The summed E-state index contributed by atoms with van der Waals surface area (Å²) < 4.78 is 68.7. The molecular formula is C26H27F5N4O2. The van der Waals surface area contributed by atoms with Crippen molar-refractivity contribution < 1.29 is 31.9 Å². The Balaban J connectivity index is 1.70. The summed E-state index contributed by atoms with van der Waals surface area (Å²) in [6, 6.07) is 7.58. The maximum Gasteiger partial charge on any atom is 0.433 e. The number of aryl methyl sites for hydroxylation is 2. The number of carbonyl (C=O) groups is 1. The third-order valence-electron chi connectivity index (χ3n) is 6.79. The average Bonchev–Trinajstić information content (AvgIpc) is 3.33. The minimum atomic E-state index is -4.67. The zero-order valence-electron chi connectivity index (χ0n) is 20.3. The van der Waals surface area contributed by atoms with Crippen LogP contribution >= 0.6 is 0 Å². The molecule has 1 saturated carbocycles. The van der Waals surface area contributed by atoms with Crippen LogP contribution < -0.4 is 5.32 Å². The van der Waals surface area contributed by atoms with E-state index in [-0.39, 0.29) is 24.1 Å². The lowest BCUT2D eigenvalue weighted by Crippen LogP contribution is -2.50. The van der Waals surface area contributed by atoms with Gasteiger partial charge in [-0.2, -0.15) is 18.3 Å². The Kier molecular flexibility index (Phi) is 7.11. The summed E-state index contributed by atoms with van der Waals surface area (Å²) in [4.78, 5) is 16.7. The summed E-state index contributed by atoms with van der Waals surface area (Å²) in [6.45, 7) is 3.87. The Hall–Kier alpha value is -3.34. The number of nitrogens with one attached hydrogen (secondary N) is 1. The zero-order valence-corrected chi connectivity index (χ0v) is 20.3. The topological polar surface area (TPSA) is 80.0 Å². The lowest BCUT2D eigenvalue weighted by Gasteiger charge is -2.42. The molecule has 0 bridgehead atoms. The number of benzene rings is 1. The van der Waals surface area contributed by atoms with Crippen molar-refractivity contribution in [3.8, 4) is 11.1 Å². The van der Waals surface area contributed by atoms with Crippen LogP contribution in [0, 0.1) is 6.92 Å². The van der Waals surface area contributed by atoms with Crippen molar-refractivity contribution in [2.45, 2.75) is 69.8 Å². The van der Waals surface area contributed by atoms with Crippen molar-refractivity contribution in [2.75, 3.05) is 0 Å². The molecule has 0 spiro atoms. The van der Waals surface area contributed by atoms with E-state index >= 15 is 0 Å². The maximum absolute atomic E-state index is 13.9. The van der Waals surface area contributed by atoms with Crippen LogP contribution in [0.1, 0.15) is 66.0 Å². The lowest BCUT2D eigenvalue weighted by atomic mass is 9.75. The summed E-state index contributed by atoms with van der Waals surface area (Å²) in [5, 5.41) is 18.5. The van der Waals surface area contributed by atoms with Crippen LogP contribution in [0.4, 0.5) is 22.0 Å². The van der Waals surface area contributed by atoms with Crippen molar-refractivity contribution in [1.82, 2.24) is 20.1 Å². The fraction of sp³-hybridized carbons (Fsp3) is 0.423. The fourth-order valence-electron chi connectivity index (χ4n) is 4.62. The predicted octanol–water partition coefficient (Wildman–Crippen LogP) is 5.70. The summed E-state index contributed by atoms with van der Waals surface area (Å²) in [7, 11) is 0. The first kappa shape index (κ1) is 26.7. The monoisotopic (exact) mass is 522 g/mol. The van der Waals surface area contributed by atoms with E-state index < -0.39 is 48.2 Å². The average molecular weight is 523 g/mol. The third-order valence-corrected chi connectivity index (χ3v) is 6.79. The van der Waals surface area contributed by atoms with Gasteiger partial charge in [0, 0.05) is 31.1 Å². The molecule has 198 valence electrons. The first-order valence-corrected chi connectivity index (χ1v) is 11.9. The number of halogens is 5. The smallest absolute Gasteiger partial charge is 0.387 e. The van der Waals surface area contributed by atoms with Crippen LogP contribution in [0.25, 0.3) is 11.1 Å². The van der Waals surface area contributed by atoms with Gasteiger partial charge in [0.15, 0.2) is 0 Å². The Morgan fingerprint density at radius 1 is 1.14 bits per heavy atom. The number of amides is 1. The van der Waals surface area contributed by atoms with Crippen LogP contribution in [-0.2, 0) is 12.7 Å². The largest absolute Gasteiger partial charge is 0.433 e. The van der Waals surface area contributed by atoms with Gasteiger partial charge in [-0.1, -0.05) is 18.2 Å².